The lowest BCUT2D eigenvalue weighted by atomic mass is 9.93. The summed E-state index contributed by atoms with van der Waals surface area (Å²) in [6.07, 6.45) is 3.82. The maximum atomic E-state index is 15.4. The number of nitrogens with two attached hydrogens (primary N) is 2. The minimum Gasteiger partial charge on any atom is -0.459 e. The molecule has 12 heteroatoms. The summed E-state index contributed by atoms with van der Waals surface area (Å²) < 4.78 is 26.9. The van der Waals surface area contributed by atoms with E-state index in [4.69, 9.17) is 21.2 Å². The Morgan fingerprint density at radius 1 is 1.24 bits per heavy atom. The Kier molecular flexibility index (Phi) is 7.62. The summed E-state index contributed by atoms with van der Waals surface area (Å²) in [5, 5.41) is 4.68. The van der Waals surface area contributed by atoms with Crippen molar-refractivity contribution in [2.24, 2.45) is 16.8 Å². The summed E-state index contributed by atoms with van der Waals surface area (Å²) in [5.41, 5.74) is 3.15. The van der Waals surface area contributed by atoms with Crippen molar-refractivity contribution >= 4 is 24.0 Å². The lowest BCUT2D eigenvalue weighted by Crippen LogP contribution is -2.56. The van der Waals surface area contributed by atoms with Gasteiger partial charge in [-0.2, -0.15) is 5.10 Å². The number of hydrazine groups is 1. The summed E-state index contributed by atoms with van der Waals surface area (Å²) in [5.74, 6) is 10.7. The van der Waals surface area contributed by atoms with Crippen molar-refractivity contribution < 1.29 is 23.5 Å². The molecule has 0 spiro atoms. The number of cyclic esters (lactones) is 1. The van der Waals surface area contributed by atoms with Gasteiger partial charge in [0, 0.05) is 50.3 Å². The number of hydrazone groups is 1. The van der Waals surface area contributed by atoms with Gasteiger partial charge in [-0.05, 0) is 49.4 Å². The van der Waals surface area contributed by atoms with Crippen molar-refractivity contribution in [1.29, 1.82) is 0 Å². The predicted octanol–water partition coefficient (Wildman–Crippen LogP) is 1.48. The molecule has 1 aromatic carbocycles. The third kappa shape index (κ3) is 5.39. The number of rotatable bonds is 5. The molecule has 2 saturated heterocycles. The lowest BCUT2D eigenvalue weighted by molar-refractivity contribution is -0.136. The van der Waals surface area contributed by atoms with E-state index in [2.05, 4.69) is 15.0 Å². The second-order valence-electron chi connectivity index (χ2n) is 11.4. The molecule has 41 heavy (non-hydrogen) atoms. The van der Waals surface area contributed by atoms with E-state index in [9.17, 15) is 9.59 Å². The zero-order valence-electron chi connectivity index (χ0n) is 23.2. The molecule has 4 atom stereocenters. The van der Waals surface area contributed by atoms with Gasteiger partial charge >= 0.3 is 5.97 Å². The fourth-order valence-electron chi connectivity index (χ4n) is 6.59. The van der Waals surface area contributed by atoms with Crippen molar-refractivity contribution in [2.75, 3.05) is 37.8 Å². The Hall–Kier alpha value is -3.61. The van der Waals surface area contributed by atoms with Gasteiger partial charge in [0.05, 0.1) is 30.2 Å². The monoisotopic (exact) mass is 565 g/mol. The summed E-state index contributed by atoms with van der Waals surface area (Å²) in [7, 11) is 0. The van der Waals surface area contributed by atoms with Crippen LogP contribution in [0.15, 0.2) is 29.4 Å². The molecule has 4 unspecified atom stereocenters. The highest BCUT2D eigenvalue weighted by atomic mass is 19.1. The number of anilines is 1. The zero-order chi connectivity index (χ0) is 28.7. The highest BCUT2D eigenvalue weighted by Crippen LogP contribution is 2.35. The minimum absolute atomic E-state index is 0.0874. The van der Waals surface area contributed by atoms with Crippen molar-refractivity contribution in [3.8, 4) is 0 Å². The number of carbonyl (C=O) groups is 2. The van der Waals surface area contributed by atoms with E-state index in [1.807, 2.05) is 11.0 Å². The number of nitrogens with zero attached hydrogens (tertiary/aromatic N) is 5. The predicted molar refractivity (Wildman–Crippen MR) is 150 cm³/mol. The standard InChI is InChI=1S/C29H36FN7O4/c1-17-12-24-23(29(39)41-17)3-2-18(27(24)30)13-20-8-9-35-10-11-36(14-19(35)15-40-20)28(38)22-4-6-25-21(22)5-7-26(34-25)37(32)16-33-31/h2-3,5,7,16-17,19-20,22H,4,6,8-15,31-32H2,1H3/b33-16-. The molecular formula is C29H36FN7O4. The van der Waals surface area contributed by atoms with Crippen LogP contribution in [-0.2, 0) is 33.5 Å². The Morgan fingerprint density at radius 2 is 2.10 bits per heavy atom. The average Bonchev–Trinajstić information content (AvgIpc) is 3.28. The summed E-state index contributed by atoms with van der Waals surface area (Å²) in [4.78, 5) is 34.8. The van der Waals surface area contributed by atoms with E-state index in [-0.39, 0.29) is 35.9 Å². The first-order valence-electron chi connectivity index (χ1n) is 14.2. The number of benzene rings is 1. The number of amides is 1. The van der Waals surface area contributed by atoms with Crippen LogP contribution in [-0.4, -0.2) is 84.0 Å². The smallest absolute Gasteiger partial charge is 0.338 e. The van der Waals surface area contributed by atoms with Crippen LogP contribution in [0.2, 0.25) is 0 Å². The molecule has 0 saturated carbocycles. The number of piperazine rings is 1. The number of pyridine rings is 1. The van der Waals surface area contributed by atoms with Gasteiger partial charge in [-0.15, -0.1) is 0 Å². The topological polar surface area (TPSA) is 140 Å². The first-order valence-corrected chi connectivity index (χ1v) is 14.2. The number of fused-ring (bicyclic) bond motifs is 3. The Balaban J connectivity index is 1.08. The third-order valence-corrected chi connectivity index (χ3v) is 8.76. The highest BCUT2D eigenvalue weighted by molar-refractivity contribution is 5.92. The summed E-state index contributed by atoms with van der Waals surface area (Å²) >= 11 is 0. The summed E-state index contributed by atoms with van der Waals surface area (Å²) in [6, 6.07) is 7.15. The lowest BCUT2D eigenvalue weighted by Gasteiger charge is -2.41. The van der Waals surface area contributed by atoms with Gasteiger partial charge < -0.3 is 20.2 Å². The Morgan fingerprint density at radius 3 is 2.93 bits per heavy atom. The normalized spacial score (nSPS) is 26.2. The first kappa shape index (κ1) is 27.6. The fourth-order valence-corrected chi connectivity index (χ4v) is 6.59. The van der Waals surface area contributed by atoms with Crippen LogP contribution in [0.5, 0.6) is 0 Å². The molecule has 0 radical (unpaired) electrons. The van der Waals surface area contributed by atoms with Gasteiger partial charge in [-0.25, -0.2) is 25.0 Å². The molecular weight excluding hydrogens is 529 g/mol. The Labute approximate surface area is 238 Å². The molecule has 1 aromatic heterocycles. The van der Waals surface area contributed by atoms with E-state index >= 15 is 4.39 Å². The quantitative estimate of drug-likeness (QED) is 0.181. The number of hydrogen-bond donors (Lipinski definition) is 2. The maximum absolute atomic E-state index is 15.4. The van der Waals surface area contributed by atoms with Crippen LogP contribution in [0.25, 0.3) is 0 Å². The number of halogens is 1. The van der Waals surface area contributed by atoms with Gasteiger partial charge in [0.2, 0.25) is 5.91 Å². The molecule has 4 heterocycles. The van der Waals surface area contributed by atoms with Crippen LogP contribution < -0.4 is 16.7 Å². The fraction of sp³-hybridized carbons (Fsp3) is 0.517. The largest absolute Gasteiger partial charge is 0.459 e. The van der Waals surface area contributed by atoms with Gasteiger partial charge in [-0.3, -0.25) is 9.69 Å². The molecule has 218 valence electrons. The third-order valence-electron chi connectivity index (χ3n) is 8.76. The molecule has 11 nitrogen and oxygen atoms in total. The van der Waals surface area contributed by atoms with Crippen molar-refractivity contribution in [1.82, 2.24) is 14.8 Å². The van der Waals surface area contributed by atoms with Gasteiger partial charge in [0.15, 0.2) is 0 Å². The van der Waals surface area contributed by atoms with Crippen molar-refractivity contribution in [3.05, 3.63) is 58.0 Å². The van der Waals surface area contributed by atoms with E-state index in [0.29, 0.717) is 67.9 Å². The molecule has 4 aliphatic rings. The second kappa shape index (κ2) is 11.3. The number of carbonyl (C=O) groups excluding carboxylic acids is 2. The van der Waals surface area contributed by atoms with Gasteiger partial charge in [0.25, 0.3) is 0 Å². The second-order valence-corrected chi connectivity index (χ2v) is 11.4. The molecule has 0 bridgehead atoms. The number of aromatic nitrogens is 1. The number of esters is 1. The highest BCUT2D eigenvalue weighted by Gasteiger charge is 2.38. The zero-order valence-corrected chi connectivity index (χ0v) is 23.2. The van der Waals surface area contributed by atoms with Crippen LogP contribution in [0, 0.1) is 5.82 Å². The SMILES string of the molecule is CC1Cc2c(ccc(CC3CCN4CCN(C(=O)C5CCc6nc(N(N)/C=N\N)ccc65)CC4CO3)c2F)C(=O)O1. The van der Waals surface area contributed by atoms with Crippen LogP contribution >= 0.6 is 0 Å². The van der Waals surface area contributed by atoms with Crippen LogP contribution in [0.4, 0.5) is 10.2 Å². The molecule has 6 rings (SSSR count). The van der Waals surface area contributed by atoms with Crippen molar-refractivity contribution in [2.45, 2.75) is 63.2 Å². The van der Waals surface area contributed by atoms with E-state index < -0.39 is 5.97 Å². The van der Waals surface area contributed by atoms with E-state index in [1.165, 1.54) is 11.3 Å². The molecule has 2 fully saturated rings. The van der Waals surface area contributed by atoms with E-state index in [1.54, 1.807) is 25.1 Å². The number of hydrogen-bond acceptors (Lipinski definition) is 9. The van der Waals surface area contributed by atoms with Gasteiger partial charge in [0.1, 0.15) is 24.1 Å². The van der Waals surface area contributed by atoms with Crippen LogP contribution in [0.3, 0.4) is 0 Å². The van der Waals surface area contributed by atoms with Crippen LogP contribution in [0.1, 0.15) is 58.4 Å². The summed E-state index contributed by atoms with van der Waals surface area (Å²) in [6.45, 7) is 5.11. The van der Waals surface area contributed by atoms with E-state index in [0.717, 1.165) is 30.8 Å². The number of ether oxygens (including phenoxy) is 2. The Bertz CT molecular complexity index is 1370. The minimum atomic E-state index is -0.465. The molecule has 2 aromatic rings. The molecule has 3 aliphatic heterocycles. The molecule has 1 aliphatic carbocycles. The average molecular weight is 566 g/mol. The molecule has 4 N–H and O–H groups in total. The first-order chi connectivity index (χ1) is 19.8. The van der Waals surface area contributed by atoms with Crippen molar-refractivity contribution in [3.63, 3.8) is 0 Å². The van der Waals surface area contributed by atoms with Gasteiger partial charge in [-0.1, -0.05) is 12.1 Å². The molecule has 1 amide bonds. The number of aryl methyl sites for hydroxylation is 1. The maximum Gasteiger partial charge on any atom is 0.338 e.